The van der Waals surface area contributed by atoms with E-state index in [4.69, 9.17) is 11.6 Å². The molecule has 1 fully saturated rings. The van der Waals surface area contributed by atoms with E-state index in [-0.39, 0.29) is 5.57 Å². The molecule has 2 aromatic rings. The summed E-state index contributed by atoms with van der Waals surface area (Å²) in [5.41, 5.74) is 5.18. The van der Waals surface area contributed by atoms with Crippen LogP contribution < -0.4 is 15.3 Å². The number of hydrazine groups is 1. The minimum atomic E-state index is -0.423. The second-order valence-corrected chi connectivity index (χ2v) is 7.13. The van der Waals surface area contributed by atoms with Gasteiger partial charge in [-0.2, -0.15) is 0 Å². The van der Waals surface area contributed by atoms with E-state index in [1.54, 1.807) is 30.3 Å². The standard InChI is InChI=1S/C22H24ClN3O2/c1-3-12-25(13-4-2)18-10-8-16(9-11-18)14-20-21(27)24-26(22(20)28)19-7-5-6-17(23)15-19/h5-11,14-15H,3-4,12-13H2,1-2H3,(H,24,27)/b20-14-. The van der Waals surface area contributed by atoms with Crippen molar-refractivity contribution in [3.8, 4) is 0 Å². The van der Waals surface area contributed by atoms with Crippen molar-refractivity contribution in [2.75, 3.05) is 23.0 Å². The highest BCUT2D eigenvalue weighted by Gasteiger charge is 2.34. The summed E-state index contributed by atoms with van der Waals surface area (Å²) in [6.07, 6.45) is 3.79. The summed E-state index contributed by atoms with van der Waals surface area (Å²) in [5, 5.41) is 1.72. The molecule has 0 unspecified atom stereocenters. The zero-order valence-electron chi connectivity index (χ0n) is 16.1. The van der Waals surface area contributed by atoms with E-state index in [0.717, 1.165) is 37.2 Å². The van der Waals surface area contributed by atoms with Gasteiger partial charge in [0, 0.05) is 23.8 Å². The quantitative estimate of drug-likeness (QED) is 0.555. The van der Waals surface area contributed by atoms with Crippen molar-refractivity contribution in [3.05, 3.63) is 64.7 Å². The van der Waals surface area contributed by atoms with Gasteiger partial charge in [-0.25, -0.2) is 5.01 Å². The molecule has 0 saturated carbocycles. The number of anilines is 2. The summed E-state index contributed by atoms with van der Waals surface area (Å²) < 4.78 is 0. The van der Waals surface area contributed by atoms with Crippen LogP contribution in [0.25, 0.3) is 6.08 Å². The Balaban J connectivity index is 1.81. The molecule has 1 N–H and O–H groups in total. The molecule has 1 aliphatic rings. The fourth-order valence-corrected chi connectivity index (χ4v) is 3.40. The number of halogens is 1. The molecule has 1 heterocycles. The molecule has 146 valence electrons. The number of nitrogens with one attached hydrogen (secondary N) is 1. The molecule has 0 spiro atoms. The summed E-state index contributed by atoms with van der Waals surface area (Å²) in [4.78, 5) is 27.4. The van der Waals surface area contributed by atoms with Gasteiger partial charge in [0.2, 0.25) is 0 Å². The maximum Gasteiger partial charge on any atom is 0.282 e. The van der Waals surface area contributed by atoms with Crippen LogP contribution in [-0.2, 0) is 9.59 Å². The number of nitrogens with zero attached hydrogens (tertiary/aromatic N) is 2. The number of carbonyl (C=O) groups is 2. The molecule has 1 aliphatic heterocycles. The Morgan fingerprint density at radius 1 is 1.04 bits per heavy atom. The van der Waals surface area contributed by atoms with E-state index in [1.807, 2.05) is 24.3 Å². The van der Waals surface area contributed by atoms with Crippen LogP contribution in [0, 0.1) is 0 Å². The molecular weight excluding hydrogens is 374 g/mol. The first kappa shape index (κ1) is 20.0. The molecule has 0 aliphatic carbocycles. The molecule has 6 heteroatoms. The summed E-state index contributed by atoms with van der Waals surface area (Å²) in [5.74, 6) is -0.817. The van der Waals surface area contributed by atoms with Gasteiger partial charge in [-0.15, -0.1) is 0 Å². The average molecular weight is 398 g/mol. The lowest BCUT2D eigenvalue weighted by Crippen LogP contribution is -2.35. The van der Waals surface area contributed by atoms with Gasteiger partial charge in [-0.3, -0.25) is 15.0 Å². The molecule has 3 rings (SSSR count). The number of hydrogen-bond donors (Lipinski definition) is 1. The van der Waals surface area contributed by atoms with Gasteiger partial charge in [-0.05, 0) is 54.8 Å². The molecule has 28 heavy (non-hydrogen) atoms. The molecule has 0 radical (unpaired) electrons. The summed E-state index contributed by atoms with van der Waals surface area (Å²) >= 11 is 5.99. The lowest BCUT2D eigenvalue weighted by atomic mass is 10.1. The smallest absolute Gasteiger partial charge is 0.282 e. The third-order valence-electron chi connectivity index (χ3n) is 4.51. The number of benzene rings is 2. The molecule has 2 amide bonds. The Bertz CT molecular complexity index is 887. The van der Waals surface area contributed by atoms with Gasteiger partial charge >= 0.3 is 0 Å². The Kier molecular flexibility index (Phi) is 6.37. The zero-order valence-corrected chi connectivity index (χ0v) is 16.9. The van der Waals surface area contributed by atoms with E-state index in [2.05, 4.69) is 24.2 Å². The largest absolute Gasteiger partial charge is 0.372 e. The molecule has 5 nitrogen and oxygen atoms in total. The highest BCUT2D eigenvalue weighted by Crippen LogP contribution is 2.24. The maximum atomic E-state index is 12.7. The van der Waals surface area contributed by atoms with Gasteiger partial charge < -0.3 is 4.90 Å². The second-order valence-electron chi connectivity index (χ2n) is 6.70. The van der Waals surface area contributed by atoms with E-state index >= 15 is 0 Å². The fourth-order valence-electron chi connectivity index (χ4n) is 3.21. The minimum absolute atomic E-state index is 0.103. The number of rotatable bonds is 7. The number of carbonyl (C=O) groups excluding carboxylic acids is 2. The van der Waals surface area contributed by atoms with Crippen molar-refractivity contribution in [1.82, 2.24) is 5.43 Å². The first-order valence-corrected chi connectivity index (χ1v) is 9.89. The summed E-state index contributed by atoms with van der Waals surface area (Å²) in [6.45, 7) is 6.34. The first-order valence-electron chi connectivity index (χ1n) is 9.51. The maximum absolute atomic E-state index is 12.7. The van der Waals surface area contributed by atoms with Crippen molar-refractivity contribution in [3.63, 3.8) is 0 Å². The highest BCUT2D eigenvalue weighted by atomic mass is 35.5. The van der Waals surface area contributed by atoms with Crippen LogP contribution in [0.15, 0.2) is 54.1 Å². The van der Waals surface area contributed by atoms with E-state index < -0.39 is 11.8 Å². The van der Waals surface area contributed by atoms with E-state index in [1.165, 1.54) is 5.01 Å². The predicted octanol–water partition coefficient (Wildman–Crippen LogP) is 4.43. The molecule has 2 aromatic carbocycles. The fraction of sp³-hybridized carbons (Fsp3) is 0.273. The Morgan fingerprint density at radius 3 is 2.32 bits per heavy atom. The number of hydrogen-bond acceptors (Lipinski definition) is 3. The third-order valence-corrected chi connectivity index (χ3v) is 4.75. The molecule has 0 aromatic heterocycles. The van der Waals surface area contributed by atoms with Crippen LogP contribution in [0.4, 0.5) is 11.4 Å². The van der Waals surface area contributed by atoms with Crippen molar-refractivity contribution >= 4 is 40.9 Å². The van der Waals surface area contributed by atoms with Crippen LogP contribution in [0.2, 0.25) is 5.02 Å². The number of amides is 2. The van der Waals surface area contributed by atoms with Crippen LogP contribution in [0.3, 0.4) is 0 Å². The van der Waals surface area contributed by atoms with Crippen LogP contribution in [0.5, 0.6) is 0 Å². The monoisotopic (exact) mass is 397 g/mol. The molecule has 0 atom stereocenters. The first-order chi connectivity index (χ1) is 13.5. The van der Waals surface area contributed by atoms with Gasteiger partial charge in [0.25, 0.3) is 11.8 Å². The van der Waals surface area contributed by atoms with E-state index in [0.29, 0.717) is 10.7 Å². The highest BCUT2D eigenvalue weighted by molar-refractivity contribution is 6.33. The minimum Gasteiger partial charge on any atom is -0.372 e. The second kappa shape index (κ2) is 8.93. The van der Waals surface area contributed by atoms with Crippen molar-refractivity contribution in [1.29, 1.82) is 0 Å². The van der Waals surface area contributed by atoms with E-state index in [9.17, 15) is 9.59 Å². The van der Waals surface area contributed by atoms with Gasteiger partial charge in [-0.1, -0.05) is 43.6 Å². The predicted molar refractivity (Wildman–Crippen MR) is 114 cm³/mol. The van der Waals surface area contributed by atoms with Crippen LogP contribution in [0.1, 0.15) is 32.3 Å². The van der Waals surface area contributed by atoms with Gasteiger partial charge in [0.15, 0.2) is 0 Å². The van der Waals surface area contributed by atoms with Crippen LogP contribution in [-0.4, -0.2) is 24.9 Å². The lowest BCUT2D eigenvalue weighted by Gasteiger charge is -2.23. The SMILES string of the molecule is CCCN(CCC)c1ccc(/C=C2/C(=O)NN(c3cccc(Cl)c3)C2=O)cc1. The molecule has 1 saturated heterocycles. The zero-order chi connectivity index (χ0) is 20.1. The normalized spacial score (nSPS) is 15.2. The molecular formula is C22H24ClN3O2. The van der Waals surface area contributed by atoms with Gasteiger partial charge in [0.05, 0.1) is 5.69 Å². The third kappa shape index (κ3) is 4.37. The Hall–Kier alpha value is -2.79. The Labute approximate surface area is 170 Å². The summed E-state index contributed by atoms with van der Waals surface area (Å²) in [6, 6.07) is 14.7. The van der Waals surface area contributed by atoms with Crippen molar-refractivity contribution in [2.24, 2.45) is 0 Å². The lowest BCUT2D eigenvalue weighted by molar-refractivity contribution is -0.117. The van der Waals surface area contributed by atoms with Crippen LogP contribution >= 0.6 is 11.6 Å². The van der Waals surface area contributed by atoms with Crippen molar-refractivity contribution in [2.45, 2.75) is 26.7 Å². The topological polar surface area (TPSA) is 52.7 Å². The van der Waals surface area contributed by atoms with Gasteiger partial charge in [0.1, 0.15) is 5.57 Å². The molecule has 0 bridgehead atoms. The van der Waals surface area contributed by atoms with Crippen molar-refractivity contribution < 1.29 is 9.59 Å². The Morgan fingerprint density at radius 2 is 1.71 bits per heavy atom. The average Bonchev–Trinajstić information content (AvgIpc) is 2.97. The summed E-state index contributed by atoms with van der Waals surface area (Å²) in [7, 11) is 0.